The Labute approximate surface area is 112 Å². The normalized spacial score (nSPS) is 39.5. The highest BCUT2D eigenvalue weighted by molar-refractivity contribution is 5.98. The molecule has 1 aromatic heterocycles. The van der Waals surface area contributed by atoms with Gasteiger partial charge in [0.15, 0.2) is 0 Å². The molecule has 5 heteroatoms. The molecule has 0 atom stereocenters. The van der Waals surface area contributed by atoms with Crippen molar-refractivity contribution in [1.82, 2.24) is 15.5 Å². The Balaban J connectivity index is 1.51. The highest BCUT2D eigenvalue weighted by atomic mass is 16.1. The molecule has 0 saturated heterocycles. The van der Waals surface area contributed by atoms with Crippen molar-refractivity contribution in [2.45, 2.75) is 38.1 Å². The smallest absolute Gasteiger partial charge is 0.256 e. The van der Waals surface area contributed by atoms with E-state index in [1.54, 1.807) is 0 Å². The number of nitrogen functional groups attached to an aromatic ring is 1. The van der Waals surface area contributed by atoms with Crippen LogP contribution in [-0.2, 0) is 0 Å². The molecule has 4 saturated carbocycles. The number of aromatic amines is 1. The summed E-state index contributed by atoms with van der Waals surface area (Å²) in [4.78, 5) is 12.3. The number of amides is 1. The van der Waals surface area contributed by atoms with Gasteiger partial charge in [-0.3, -0.25) is 9.89 Å². The summed E-state index contributed by atoms with van der Waals surface area (Å²) in [6, 6.07) is 0.356. The fraction of sp³-hybridized carbons (Fsp3) is 0.714. The van der Waals surface area contributed by atoms with E-state index in [2.05, 4.69) is 15.5 Å². The van der Waals surface area contributed by atoms with Gasteiger partial charge < -0.3 is 11.1 Å². The second-order valence-corrected chi connectivity index (χ2v) is 6.63. The molecule has 5 rings (SSSR count). The quantitative estimate of drug-likeness (QED) is 0.754. The van der Waals surface area contributed by atoms with Gasteiger partial charge in [0.25, 0.3) is 5.91 Å². The topological polar surface area (TPSA) is 83.8 Å². The third-order valence-electron chi connectivity index (χ3n) is 5.44. The maximum atomic E-state index is 12.3. The molecule has 1 aromatic rings. The van der Waals surface area contributed by atoms with E-state index in [1.165, 1.54) is 38.3 Å². The monoisotopic (exact) mass is 260 g/mol. The summed E-state index contributed by atoms with van der Waals surface area (Å²) in [6.45, 7) is 0. The fourth-order valence-corrected chi connectivity index (χ4v) is 4.87. The molecule has 4 N–H and O–H groups in total. The Kier molecular flexibility index (Phi) is 2.37. The van der Waals surface area contributed by atoms with Crippen LogP contribution < -0.4 is 11.1 Å². The fourth-order valence-electron chi connectivity index (χ4n) is 4.87. The van der Waals surface area contributed by atoms with Crippen LogP contribution in [0.2, 0.25) is 0 Å². The van der Waals surface area contributed by atoms with E-state index >= 15 is 0 Å². The first-order valence-corrected chi connectivity index (χ1v) is 7.30. The highest BCUT2D eigenvalue weighted by Gasteiger charge is 2.48. The zero-order chi connectivity index (χ0) is 13.0. The average molecular weight is 260 g/mol. The number of nitrogens with one attached hydrogen (secondary N) is 2. The molecule has 1 amide bonds. The Morgan fingerprint density at radius 1 is 1.21 bits per heavy atom. The predicted octanol–water partition coefficient (Wildman–Crippen LogP) is 1.55. The molecule has 0 unspecified atom stereocenters. The first kappa shape index (κ1) is 11.3. The largest absolute Gasteiger partial charge is 0.383 e. The van der Waals surface area contributed by atoms with Crippen LogP contribution in [0.5, 0.6) is 0 Å². The predicted molar refractivity (Wildman–Crippen MR) is 71.3 cm³/mol. The molecule has 4 aliphatic carbocycles. The first-order valence-electron chi connectivity index (χ1n) is 7.30. The molecule has 0 spiro atoms. The number of nitrogens with two attached hydrogens (primary N) is 1. The maximum Gasteiger partial charge on any atom is 0.256 e. The van der Waals surface area contributed by atoms with Crippen molar-refractivity contribution in [3.05, 3.63) is 11.8 Å². The van der Waals surface area contributed by atoms with Gasteiger partial charge in [0.05, 0.1) is 6.20 Å². The van der Waals surface area contributed by atoms with E-state index < -0.39 is 0 Å². The number of H-pyrrole nitrogens is 1. The van der Waals surface area contributed by atoms with E-state index in [9.17, 15) is 4.79 Å². The van der Waals surface area contributed by atoms with Crippen molar-refractivity contribution >= 4 is 11.7 Å². The number of hydrogen-bond acceptors (Lipinski definition) is 3. The summed E-state index contributed by atoms with van der Waals surface area (Å²) >= 11 is 0. The van der Waals surface area contributed by atoms with E-state index in [0.29, 0.717) is 29.3 Å². The summed E-state index contributed by atoms with van der Waals surface area (Å²) in [5, 5.41) is 9.66. The molecule has 4 bridgehead atoms. The third kappa shape index (κ3) is 1.75. The van der Waals surface area contributed by atoms with Crippen molar-refractivity contribution in [3.8, 4) is 0 Å². The van der Waals surface area contributed by atoms with Crippen LogP contribution in [0.1, 0.15) is 42.5 Å². The number of carbonyl (C=O) groups excluding carboxylic acids is 1. The molecule has 0 radical (unpaired) electrons. The van der Waals surface area contributed by atoms with Crippen LogP contribution in [0, 0.1) is 23.7 Å². The van der Waals surface area contributed by atoms with Gasteiger partial charge in [0.1, 0.15) is 11.4 Å². The van der Waals surface area contributed by atoms with Crippen LogP contribution in [0.25, 0.3) is 0 Å². The summed E-state index contributed by atoms with van der Waals surface area (Å²) < 4.78 is 0. The van der Waals surface area contributed by atoms with Gasteiger partial charge in [-0.25, -0.2) is 0 Å². The Hall–Kier alpha value is -1.52. The van der Waals surface area contributed by atoms with Crippen LogP contribution in [0.15, 0.2) is 6.20 Å². The minimum Gasteiger partial charge on any atom is -0.383 e. The van der Waals surface area contributed by atoms with Crippen LogP contribution in [0.3, 0.4) is 0 Å². The molecule has 19 heavy (non-hydrogen) atoms. The van der Waals surface area contributed by atoms with Crippen LogP contribution >= 0.6 is 0 Å². The lowest BCUT2D eigenvalue weighted by atomic mass is 9.54. The second kappa shape index (κ2) is 3.99. The number of aromatic nitrogens is 2. The van der Waals surface area contributed by atoms with Crippen molar-refractivity contribution in [2.24, 2.45) is 23.7 Å². The molecule has 102 valence electrons. The second-order valence-electron chi connectivity index (χ2n) is 6.63. The van der Waals surface area contributed by atoms with Crippen LogP contribution in [-0.4, -0.2) is 22.1 Å². The molecule has 4 aliphatic rings. The number of rotatable bonds is 2. The first-order chi connectivity index (χ1) is 9.20. The van der Waals surface area contributed by atoms with Crippen molar-refractivity contribution in [1.29, 1.82) is 0 Å². The average Bonchev–Trinajstić information content (AvgIpc) is 2.79. The maximum absolute atomic E-state index is 12.3. The van der Waals surface area contributed by atoms with E-state index in [4.69, 9.17) is 5.73 Å². The van der Waals surface area contributed by atoms with Crippen LogP contribution in [0.4, 0.5) is 5.82 Å². The minimum atomic E-state index is -0.0660. The van der Waals surface area contributed by atoms with Gasteiger partial charge in [0, 0.05) is 6.04 Å². The van der Waals surface area contributed by atoms with Gasteiger partial charge in [-0.15, -0.1) is 0 Å². The summed E-state index contributed by atoms with van der Waals surface area (Å²) in [6.07, 6.45) is 8.17. The number of hydrogen-bond donors (Lipinski definition) is 3. The Bertz CT molecular complexity index is 481. The van der Waals surface area contributed by atoms with E-state index in [0.717, 1.165) is 11.8 Å². The molecular weight excluding hydrogens is 240 g/mol. The molecule has 5 nitrogen and oxygen atoms in total. The summed E-state index contributed by atoms with van der Waals surface area (Å²) in [7, 11) is 0. The zero-order valence-electron chi connectivity index (χ0n) is 10.9. The number of nitrogens with zero attached hydrogens (tertiary/aromatic N) is 1. The molecular formula is C14H20N4O. The number of carbonyl (C=O) groups is 1. The molecule has 4 fully saturated rings. The van der Waals surface area contributed by atoms with Gasteiger partial charge >= 0.3 is 0 Å². The van der Waals surface area contributed by atoms with Crippen molar-refractivity contribution in [2.75, 3.05) is 5.73 Å². The minimum absolute atomic E-state index is 0.0660. The standard InChI is InChI=1S/C14H20N4O/c15-13-11(6-16-18-13)14(19)17-12-9-2-7-1-8(4-9)5-10(12)3-7/h6-10,12H,1-5H2,(H,17,19)(H3,15,16,18). The Morgan fingerprint density at radius 2 is 1.84 bits per heavy atom. The van der Waals surface area contributed by atoms with Gasteiger partial charge in [-0.05, 0) is 55.8 Å². The van der Waals surface area contributed by atoms with E-state index in [1.807, 2.05) is 0 Å². The van der Waals surface area contributed by atoms with Gasteiger partial charge in [-0.2, -0.15) is 5.10 Å². The van der Waals surface area contributed by atoms with Crippen molar-refractivity contribution < 1.29 is 4.79 Å². The highest BCUT2D eigenvalue weighted by Crippen LogP contribution is 2.53. The summed E-state index contributed by atoms with van der Waals surface area (Å²) in [5.41, 5.74) is 6.19. The summed E-state index contributed by atoms with van der Waals surface area (Å²) in [5.74, 6) is 3.52. The lowest BCUT2D eigenvalue weighted by molar-refractivity contribution is -0.0119. The SMILES string of the molecule is Nc1[nH]ncc1C(=O)NC1C2CC3CC(C2)CC1C3. The number of anilines is 1. The zero-order valence-corrected chi connectivity index (χ0v) is 10.9. The lowest BCUT2D eigenvalue weighted by Gasteiger charge is -2.54. The molecule has 1 heterocycles. The van der Waals surface area contributed by atoms with Crippen molar-refractivity contribution in [3.63, 3.8) is 0 Å². The molecule has 0 aliphatic heterocycles. The van der Waals surface area contributed by atoms with Gasteiger partial charge in [-0.1, -0.05) is 0 Å². The van der Waals surface area contributed by atoms with Gasteiger partial charge in [0.2, 0.25) is 0 Å². The third-order valence-corrected chi connectivity index (χ3v) is 5.44. The van der Waals surface area contributed by atoms with E-state index in [-0.39, 0.29) is 5.91 Å². The lowest BCUT2D eigenvalue weighted by Crippen LogP contribution is -2.55. The molecule has 0 aromatic carbocycles. The Morgan fingerprint density at radius 3 is 2.37 bits per heavy atom.